The minimum atomic E-state index is -0.471. The summed E-state index contributed by atoms with van der Waals surface area (Å²) in [4.78, 5) is 2.02. The van der Waals surface area contributed by atoms with Crippen LogP contribution in [0.5, 0.6) is 0 Å². The van der Waals surface area contributed by atoms with Crippen LogP contribution in [0.3, 0.4) is 0 Å². The number of likely N-dealkylation sites (N-methyl/N-ethyl adjacent to an activating group) is 1. The van der Waals surface area contributed by atoms with Crippen LogP contribution in [0.4, 0.5) is 5.69 Å². The molecule has 0 aromatic heterocycles. The molecule has 2 nitrogen and oxygen atoms in total. The van der Waals surface area contributed by atoms with E-state index in [0.717, 1.165) is 5.69 Å². The number of aliphatic hydroxyl groups is 1. The Hall–Kier alpha value is -0.730. The fourth-order valence-corrected chi connectivity index (χ4v) is 1.55. The third-order valence-electron chi connectivity index (χ3n) is 2.19. The smallest absolute Gasteiger partial charge is 0.0849 e. The fraction of sp³-hybridized carbons (Fsp3) is 0.455. The first-order chi connectivity index (χ1) is 6.65. The molecule has 1 aromatic rings. The lowest BCUT2D eigenvalue weighted by molar-refractivity contribution is 0.205. The van der Waals surface area contributed by atoms with Crippen molar-refractivity contribution in [3.8, 4) is 0 Å². The Kier molecular flexibility index (Phi) is 4.23. The Morgan fingerprint density at radius 3 is 2.64 bits per heavy atom. The molecule has 78 valence electrons. The second-order valence-corrected chi connectivity index (χ2v) is 3.78. The molecule has 0 radical (unpaired) electrons. The number of aryl methyl sites for hydroxylation is 1. The highest BCUT2D eigenvalue weighted by Gasteiger charge is 2.08. The SMILES string of the molecule is Cc1ccccc1N(C)CC(O)CCl. The zero-order chi connectivity index (χ0) is 10.6. The summed E-state index contributed by atoms with van der Waals surface area (Å²) in [5.41, 5.74) is 2.34. The molecule has 1 atom stereocenters. The second kappa shape index (κ2) is 5.23. The van der Waals surface area contributed by atoms with Gasteiger partial charge in [0.15, 0.2) is 0 Å². The number of anilines is 1. The van der Waals surface area contributed by atoms with Crippen molar-refractivity contribution >= 4 is 17.3 Å². The monoisotopic (exact) mass is 213 g/mol. The van der Waals surface area contributed by atoms with Crippen LogP contribution in [0.15, 0.2) is 24.3 Å². The molecule has 1 rings (SSSR count). The number of para-hydroxylation sites is 1. The zero-order valence-electron chi connectivity index (χ0n) is 8.57. The molecule has 0 saturated carbocycles. The Morgan fingerprint density at radius 2 is 2.07 bits per heavy atom. The molecule has 1 N–H and O–H groups in total. The van der Waals surface area contributed by atoms with E-state index in [1.54, 1.807) is 0 Å². The summed E-state index contributed by atoms with van der Waals surface area (Å²) in [5.74, 6) is 0.274. The van der Waals surface area contributed by atoms with Crippen molar-refractivity contribution in [3.05, 3.63) is 29.8 Å². The van der Waals surface area contributed by atoms with Crippen LogP contribution in [-0.2, 0) is 0 Å². The lowest BCUT2D eigenvalue weighted by atomic mass is 10.2. The standard InChI is InChI=1S/C11H16ClNO/c1-9-5-3-4-6-11(9)13(2)8-10(14)7-12/h3-6,10,14H,7-8H2,1-2H3. The van der Waals surface area contributed by atoms with E-state index in [4.69, 9.17) is 11.6 Å². The van der Waals surface area contributed by atoms with Crippen LogP contribution in [-0.4, -0.2) is 30.7 Å². The molecule has 0 aliphatic carbocycles. The maximum atomic E-state index is 9.41. The predicted molar refractivity (Wildman–Crippen MR) is 61.2 cm³/mol. The van der Waals surface area contributed by atoms with E-state index < -0.39 is 6.10 Å². The van der Waals surface area contributed by atoms with Crippen molar-refractivity contribution in [2.24, 2.45) is 0 Å². The van der Waals surface area contributed by atoms with E-state index in [0.29, 0.717) is 6.54 Å². The van der Waals surface area contributed by atoms with E-state index in [1.165, 1.54) is 5.56 Å². The Morgan fingerprint density at radius 1 is 1.43 bits per heavy atom. The van der Waals surface area contributed by atoms with Gasteiger partial charge in [-0.1, -0.05) is 18.2 Å². The first-order valence-electron chi connectivity index (χ1n) is 4.66. The lowest BCUT2D eigenvalue weighted by Gasteiger charge is -2.23. The minimum Gasteiger partial charge on any atom is -0.390 e. The Labute approximate surface area is 90.1 Å². The van der Waals surface area contributed by atoms with Gasteiger partial charge in [0.1, 0.15) is 0 Å². The van der Waals surface area contributed by atoms with Gasteiger partial charge < -0.3 is 10.0 Å². The van der Waals surface area contributed by atoms with Gasteiger partial charge in [-0.2, -0.15) is 0 Å². The largest absolute Gasteiger partial charge is 0.390 e. The average molecular weight is 214 g/mol. The second-order valence-electron chi connectivity index (χ2n) is 3.48. The van der Waals surface area contributed by atoms with Crippen molar-refractivity contribution < 1.29 is 5.11 Å². The van der Waals surface area contributed by atoms with E-state index in [1.807, 2.05) is 30.1 Å². The van der Waals surface area contributed by atoms with Crippen LogP contribution in [0.1, 0.15) is 5.56 Å². The number of benzene rings is 1. The molecular weight excluding hydrogens is 198 g/mol. The molecule has 1 unspecified atom stereocenters. The summed E-state index contributed by atoms with van der Waals surface area (Å²) in [5, 5.41) is 9.41. The Balaban J connectivity index is 2.69. The van der Waals surface area contributed by atoms with Gasteiger partial charge in [0.2, 0.25) is 0 Å². The summed E-state index contributed by atoms with van der Waals surface area (Å²) < 4.78 is 0. The van der Waals surface area contributed by atoms with Crippen LogP contribution in [0.25, 0.3) is 0 Å². The normalized spacial score (nSPS) is 12.6. The number of rotatable bonds is 4. The number of halogens is 1. The van der Waals surface area contributed by atoms with Crippen molar-refractivity contribution in [2.45, 2.75) is 13.0 Å². The molecule has 0 aliphatic heterocycles. The highest BCUT2D eigenvalue weighted by Crippen LogP contribution is 2.17. The number of hydrogen-bond acceptors (Lipinski definition) is 2. The molecule has 0 fully saturated rings. The van der Waals surface area contributed by atoms with Gasteiger partial charge in [-0.25, -0.2) is 0 Å². The molecule has 0 amide bonds. The van der Waals surface area contributed by atoms with E-state index in [2.05, 4.69) is 13.0 Å². The van der Waals surface area contributed by atoms with Crippen molar-refractivity contribution in [2.75, 3.05) is 24.4 Å². The summed E-state index contributed by atoms with van der Waals surface area (Å²) in [6.45, 7) is 2.62. The number of aliphatic hydroxyl groups excluding tert-OH is 1. The molecule has 0 aliphatic rings. The summed E-state index contributed by atoms with van der Waals surface area (Å²) >= 11 is 5.55. The van der Waals surface area contributed by atoms with Gasteiger partial charge in [0.05, 0.1) is 12.0 Å². The molecule has 1 aromatic carbocycles. The fourth-order valence-electron chi connectivity index (χ4n) is 1.45. The summed E-state index contributed by atoms with van der Waals surface area (Å²) in [7, 11) is 1.96. The van der Waals surface area contributed by atoms with Crippen LogP contribution in [0, 0.1) is 6.92 Å². The quantitative estimate of drug-likeness (QED) is 0.774. The average Bonchev–Trinajstić information content (AvgIpc) is 2.18. The number of hydrogen-bond donors (Lipinski definition) is 1. The van der Waals surface area contributed by atoms with Gasteiger partial charge in [0.25, 0.3) is 0 Å². The molecule has 14 heavy (non-hydrogen) atoms. The third kappa shape index (κ3) is 2.89. The molecule has 0 heterocycles. The zero-order valence-corrected chi connectivity index (χ0v) is 9.33. The van der Waals surface area contributed by atoms with E-state index in [-0.39, 0.29) is 5.88 Å². The van der Waals surface area contributed by atoms with Gasteiger partial charge in [0, 0.05) is 19.3 Å². The summed E-state index contributed by atoms with van der Waals surface area (Å²) in [6, 6.07) is 8.09. The van der Waals surface area contributed by atoms with E-state index >= 15 is 0 Å². The number of alkyl halides is 1. The van der Waals surface area contributed by atoms with Gasteiger partial charge in [-0.3, -0.25) is 0 Å². The van der Waals surface area contributed by atoms with Crippen molar-refractivity contribution in [1.82, 2.24) is 0 Å². The maximum absolute atomic E-state index is 9.41. The molecular formula is C11H16ClNO. The number of nitrogens with zero attached hydrogens (tertiary/aromatic N) is 1. The summed E-state index contributed by atoms with van der Waals surface area (Å²) in [6.07, 6.45) is -0.471. The van der Waals surface area contributed by atoms with Crippen LogP contribution in [0.2, 0.25) is 0 Å². The van der Waals surface area contributed by atoms with Gasteiger partial charge in [-0.05, 0) is 18.6 Å². The van der Waals surface area contributed by atoms with E-state index in [9.17, 15) is 5.11 Å². The lowest BCUT2D eigenvalue weighted by Crippen LogP contribution is -2.30. The maximum Gasteiger partial charge on any atom is 0.0849 e. The first-order valence-corrected chi connectivity index (χ1v) is 5.19. The molecule has 0 spiro atoms. The minimum absolute atomic E-state index is 0.274. The third-order valence-corrected chi connectivity index (χ3v) is 2.55. The van der Waals surface area contributed by atoms with Gasteiger partial charge in [-0.15, -0.1) is 11.6 Å². The molecule has 0 saturated heterocycles. The Bertz CT molecular complexity index is 290. The van der Waals surface area contributed by atoms with Crippen LogP contribution >= 0.6 is 11.6 Å². The van der Waals surface area contributed by atoms with Gasteiger partial charge >= 0.3 is 0 Å². The van der Waals surface area contributed by atoms with Crippen molar-refractivity contribution in [3.63, 3.8) is 0 Å². The highest BCUT2D eigenvalue weighted by molar-refractivity contribution is 6.18. The highest BCUT2D eigenvalue weighted by atomic mass is 35.5. The van der Waals surface area contributed by atoms with Crippen LogP contribution < -0.4 is 4.90 Å². The topological polar surface area (TPSA) is 23.5 Å². The molecule has 0 bridgehead atoms. The molecule has 3 heteroatoms. The first kappa shape index (κ1) is 11.3. The van der Waals surface area contributed by atoms with Crippen molar-refractivity contribution in [1.29, 1.82) is 0 Å². The predicted octanol–water partition coefficient (Wildman–Crippen LogP) is 2.03.